The van der Waals surface area contributed by atoms with Crippen LogP contribution in [0.1, 0.15) is 23.7 Å². The molecule has 92 valence electrons. The van der Waals surface area contributed by atoms with Gasteiger partial charge in [-0.05, 0) is 30.5 Å². The smallest absolute Gasteiger partial charge is 0.253 e. The van der Waals surface area contributed by atoms with Gasteiger partial charge in [0.1, 0.15) is 0 Å². The fourth-order valence-electron chi connectivity index (χ4n) is 2.17. The van der Waals surface area contributed by atoms with Crippen LogP contribution < -0.4 is 5.73 Å². The fourth-order valence-corrected chi connectivity index (χ4v) is 2.17. The topological polar surface area (TPSA) is 66.6 Å². The number of nitrogens with zero attached hydrogens (tertiary/aromatic N) is 1. The Morgan fingerprint density at radius 2 is 2.29 bits per heavy atom. The Hall–Kier alpha value is -1.55. The average molecular weight is 234 g/mol. The molecule has 1 saturated heterocycles. The Labute approximate surface area is 101 Å². The lowest BCUT2D eigenvalue weighted by molar-refractivity contribution is 0.0297. The molecule has 0 radical (unpaired) electrons. The number of hydrogen-bond donors (Lipinski definition) is 2. The minimum Gasteiger partial charge on any atom is -0.399 e. The summed E-state index contributed by atoms with van der Waals surface area (Å²) in [5, 5.41) is 9.63. The van der Waals surface area contributed by atoms with Gasteiger partial charge in [-0.1, -0.05) is 13.0 Å². The second-order valence-corrected chi connectivity index (χ2v) is 4.71. The van der Waals surface area contributed by atoms with E-state index in [2.05, 4.69) is 0 Å². The fraction of sp³-hybridized carbons (Fsp3) is 0.462. The molecule has 0 aromatic heterocycles. The summed E-state index contributed by atoms with van der Waals surface area (Å²) < 4.78 is 0. The van der Waals surface area contributed by atoms with Crippen molar-refractivity contribution in [1.82, 2.24) is 4.90 Å². The number of amides is 1. The third-order valence-electron chi connectivity index (χ3n) is 3.28. The van der Waals surface area contributed by atoms with Crippen molar-refractivity contribution in [3.63, 3.8) is 0 Å². The van der Waals surface area contributed by atoms with Gasteiger partial charge in [0, 0.05) is 24.3 Å². The molecular weight excluding hydrogens is 216 g/mol. The van der Waals surface area contributed by atoms with Gasteiger partial charge in [-0.15, -0.1) is 0 Å². The number of hydrogen-bond acceptors (Lipinski definition) is 3. The molecule has 0 bridgehead atoms. The van der Waals surface area contributed by atoms with E-state index in [-0.39, 0.29) is 17.9 Å². The maximum Gasteiger partial charge on any atom is 0.253 e. The average Bonchev–Trinajstić information content (AvgIpc) is 2.32. The zero-order valence-electron chi connectivity index (χ0n) is 9.97. The van der Waals surface area contributed by atoms with E-state index in [1.807, 2.05) is 6.92 Å². The van der Waals surface area contributed by atoms with Gasteiger partial charge < -0.3 is 15.7 Å². The Bertz CT molecular complexity index is 420. The molecule has 1 aliphatic rings. The van der Waals surface area contributed by atoms with Crippen LogP contribution in [0.25, 0.3) is 0 Å². The van der Waals surface area contributed by atoms with E-state index in [1.165, 1.54) is 0 Å². The number of likely N-dealkylation sites (tertiary alicyclic amines) is 1. The first-order chi connectivity index (χ1) is 8.08. The normalized spacial score (nSPS) is 24.7. The summed E-state index contributed by atoms with van der Waals surface area (Å²) in [6.07, 6.45) is 0.356. The standard InChI is InChI=1S/C13H18N2O2/c1-9-8-15(6-5-12(9)16)13(17)10-3-2-4-11(14)7-10/h2-4,7,9,12,16H,5-6,8,14H2,1H3. The maximum atomic E-state index is 12.2. The van der Waals surface area contributed by atoms with Gasteiger partial charge in [0.05, 0.1) is 6.10 Å². The molecule has 0 saturated carbocycles. The molecule has 0 spiro atoms. The van der Waals surface area contributed by atoms with Crippen LogP contribution >= 0.6 is 0 Å². The van der Waals surface area contributed by atoms with Crippen LogP contribution in [0.2, 0.25) is 0 Å². The summed E-state index contributed by atoms with van der Waals surface area (Å²) in [7, 11) is 0. The predicted molar refractivity (Wildman–Crippen MR) is 66.5 cm³/mol. The van der Waals surface area contributed by atoms with E-state index in [1.54, 1.807) is 29.2 Å². The lowest BCUT2D eigenvalue weighted by Gasteiger charge is -2.34. The van der Waals surface area contributed by atoms with E-state index in [4.69, 9.17) is 5.73 Å². The van der Waals surface area contributed by atoms with Gasteiger partial charge in [0.2, 0.25) is 0 Å². The minimum absolute atomic E-state index is 0.00366. The molecule has 1 aromatic rings. The molecule has 1 fully saturated rings. The number of carbonyl (C=O) groups is 1. The summed E-state index contributed by atoms with van der Waals surface area (Å²) in [5.41, 5.74) is 6.88. The molecule has 1 heterocycles. The highest BCUT2D eigenvalue weighted by molar-refractivity contribution is 5.95. The van der Waals surface area contributed by atoms with Gasteiger partial charge in [0.25, 0.3) is 5.91 Å². The van der Waals surface area contributed by atoms with E-state index < -0.39 is 0 Å². The van der Waals surface area contributed by atoms with Crippen LogP contribution in [-0.4, -0.2) is 35.1 Å². The molecule has 1 aliphatic heterocycles. The number of aliphatic hydroxyl groups excluding tert-OH is 1. The van der Waals surface area contributed by atoms with E-state index >= 15 is 0 Å². The van der Waals surface area contributed by atoms with Crippen LogP contribution in [0.5, 0.6) is 0 Å². The first kappa shape index (κ1) is 11.9. The summed E-state index contributed by atoms with van der Waals surface area (Å²) in [6, 6.07) is 7.01. The molecular formula is C13H18N2O2. The van der Waals surface area contributed by atoms with E-state index in [0.29, 0.717) is 30.8 Å². The Morgan fingerprint density at radius 3 is 2.94 bits per heavy atom. The van der Waals surface area contributed by atoms with Gasteiger partial charge in [-0.25, -0.2) is 0 Å². The SMILES string of the molecule is CC1CN(C(=O)c2cccc(N)c2)CCC1O. The van der Waals surface area contributed by atoms with Crippen molar-refractivity contribution in [2.24, 2.45) is 5.92 Å². The first-order valence-corrected chi connectivity index (χ1v) is 5.91. The number of rotatable bonds is 1. The van der Waals surface area contributed by atoms with Crippen molar-refractivity contribution < 1.29 is 9.90 Å². The highest BCUT2D eigenvalue weighted by atomic mass is 16.3. The Balaban J connectivity index is 2.10. The summed E-state index contributed by atoms with van der Waals surface area (Å²) >= 11 is 0. The summed E-state index contributed by atoms with van der Waals surface area (Å²) in [6.45, 7) is 3.18. The largest absolute Gasteiger partial charge is 0.399 e. The number of aliphatic hydroxyl groups is 1. The van der Waals surface area contributed by atoms with Crippen LogP contribution in [0.3, 0.4) is 0 Å². The first-order valence-electron chi connectivity index (χ1n) is 5.91. The third-order valence-corrected chi connectivity index (χ3v) is 3.28. The number of nitrogen functional groups attached to an aromatic ring is 1. The molecule has 17 heavy (non-hydrogen) atoms. The number of benzene rings is 1. The van der Waals surface area contributed by atoms with Crippen molar-refractivity contribution in [3.05, 3.63) is 29.8 Å². The van der Waals surface area contributed by atoms with Gasteiger partial charge in [-0.3, -0.25) is 4.79 Å². The highest BCUT2D eigenvalue weighted by Gasteiger charge is 2.27. The summed E-state index contributed by atoms with van der Waals surface area (Å²) in [5.74, 6) is 0.129. The maximum absolute atomic E-state index is 12.2. The van der Waals surface area contributed by atoms with Crippen molar-refractivity contribution in [1.29, 1.82) is 0 Å². The van der Waals surface area contributed by atoms with E-state index in [0.717, 1.165) is 0 Å². The summed E-state index contributed by atoms with van der Waals surface area (Å²) in [4.78, 5) is 14.0. The quantitative estimate of drug-likeness (QED) is 0.715. The molecule has 4 heteroatoms. The molecule has 3 N–H and O–H groups in total. The lowest BCUT2D eigenvalue weighted by Crippen LogP contribution is -2.44. The predicted octanol–water partition coefficient (Wildman–Crippen LogP) is 1.11. The lowest BCUT2D eigenvalue weighted by atomic mass is 9.96. The molecule has 1 aromatic carbocycles. The van der Waals surface area contributed by atoms with Gasteiger partial charge in [0.15, 0.2) is 0 Å². The van der Waals surface area contributed by atoms with Gasteiger partial charge >= 0.3 is 0 Å². The van der Waals surface area contributed by atoms with Crippen LogP contribution in [0.4, 0.5) is 5.69 Å². The molecule has 4 nitrogen and oxygen atoms in total. The van der Waals surface area contributed by atoms with Gasteiger partial charge in [-0.2, -0.15) is 0 Å². The third kappa shape index (κ3) is 2.58. The van der Waals surface area contributed by atoms with Crippen molar-refractivity contribution in [2.45, 2.75) is 19.4 Å². The van der Waals surface area contributed by atoms with Crippen molar-refractivity contribution >= 4 is 11.6 Å². The number of nitrogens with two attached hydrogens (primary N) is 1. The minimum atomic E-state index is -0.292. The number of anilines is 1. The molecule has 2 rings (SSSR count). The second kappa shape index (κ2) is 4.75. The highest BCUT2D eigenvalue weighted by Crippen LogP contribution is 2.19. The Morgan fingerprint density at radius 1 is 1.53 bits per heavy atom. The second-order valence-electron chi connectivity index (χ2n) is 4.71. The monoisotopic (exact) mass is 234 g/mol. The van der Waals surface area contributed by atoms with Crippen molar-refractivity contribution in [3.8, 4) is 0 Å². The zero-order chi connectivity index (χ0) is 12.4. The molecule has 2 unspecified atom stereocenters. The molecule has 2 atom stereocenters. The molecule has 0 aliphatic carbocycles. The zero-order valence-corrected chi connectivity index (χ0v) is 9.97. The number of carbonyl (C=O) groups excluding carboxylic acids is 1. The Kier molecular flexibility index (Phi) is 3.33. The molecule has 1 amide bonds. The van der Waals surface area contributed by atoms with Crippen LogP contribution in [-0.2, 0) is 0 Å². The number of piperidine rings is 1. The van der Waals surface area contributed by atoms with Crippen LogP contribution in [0, 0.1) is 5.92 Å². The van der Waals surface area contributed by atoms with Crippen molar-refractivity contribution in [2.75, 3.05) is 18.8 Å². The van der Waals surface area contributed by atoms with Crippen LogP contribution in [0.15, 0.2) is 24.3 Å². The van der Waals surface area contributed by atoms with E-state index in [9.17, 15) is 9.90 Å².